The molecule has 1 fully saturated rings. The van der Waals surface area contributed by atoms with Crippen LogP contribution in [0, 0.1) is 5.92 Å². The molecule has 2 N–H and O–H groups in total. The molecule has 13 heteroatoms. The molecule has 6 aromatic carbocycles. The van der Waals surface area contributed by atoms with Crippen LogP contribution < -0.4 is 9.47 Å². The van der Waals surface area contributed by atoms with Crippen molar-refractivity contribution in [2.45, 2.75) is 52.9 Å². The van der Waals surface area contributed by atoms with Crippen molar-refractivity contribution in [1.82, 2.24) is 28.2 Å². The number of ether oxygens (including phenoxy) is 3. The first kappa shape index (κ1) is 42.3. The standard InChI is InChI=1S/C27H25N3O3.C26H25N3O4/c1-3-29-22-7-5-4-6-18(22)19-12-17(10-11-23(19)29)26-28-21-13-20(27(31)32)25(33-2)14-24(21)30(26)15-16-8-9-16;1-4-28-21-8-6-5-7-17(21)18-13-16(9-10-22(18)28)25-27-20-14-19(26(30)31)24(33-3)15-23(20)29(25)11-12-32-2/h4-7,10-14,16H,3,8-9,15H2,1-2H3,(H,31,32);5-10,13-15H,4,11-12H2,1-3H3,(H,30,31). The second-order valence-electron chi connectivity index (χ2n) is 16.7. The van der Waals surface area contributed by atoms with Gasteiger partial charge in [0.2, 0.25) is 0 Å². The van der Waals surface area contributed by atoms with Crippen LogP contribution in [0.2, 0.25) is 0 Å². The number of nitrogens with zero attached hydrogens (tertiary/aromatic N) is 6. The lowest BCUT2D eigenvalue weighted by Gasteiger charge is -2.11. The lowest BCUT2D eigenvalue weighted by Crippen LogP contribution is -2.06. The second-order valence-corrected chi connectivity index (χ2v) is 16.7. The predicted octanol–water partition coefficient (Wildman–Crippen LogP) is 11.1. The number of carboxylic acid groups (broad SMARTS) is 2. The van der Waals surface area contributed by atoms with Crippen molar-refractivity contribution < 1.29 is 34.0 Å². The van der Waals surface area contributed by atoms with E-state index < -0.39 is 11.9 Å². The number of carbonyl (C=O) groups is 2. The average molecular weight is 883 g/mol. The first-order valence-electron chi connectivity index (χ1n) is 22.3. The van der Waals surface area contributed by atoms with Gasteiger partial charge in [-0.05, 0) is 93.3 Å². The van der Waals surface area contributed by atoms with E-state index in [0.29, 0.717) is 41.6 Å². The summed E-state index contributed by atoms with van der Waals surface area (Å²) in [4.78, 5) is 33.3. The molecule has 0 saturated heterocycles. The molecular formula is C53H50N6O7. The number of methoxy groups -OCH3 is 3. The zero-order valence-corrected chi connectivity index (χ0v) is 37.5. The molecule has 0 spiro atoms. The van der Waals surface area contributed by atoms with Crippen LogP contribution in [-0.4, -0.2) is 78.3 Å². The van der Waals surface area contributed by atoms with E-state index >= 15 is 0 Å². The summed E-state index contributed by atoms with van der Waals surface area (Å²) in [6.07, 6.45) is 2.43. The quantitative estimate of drug-likeness (QED) is 0.115. The van der Waals surface area contributed by atoms with Crippen LogP contribution in [-0.2, 0) is 30.9 Å². The number of para-hydroxylation sites is 2. The number of rotatable bonds is 13. The van der Waals surface area contributed by atoms with E-state index in [0.717, 1.165) is 53.4 Å². The van der Waals surface area contributed by atoms with Crippen molar-refractivity contribution in [3.63, 3.8) is 0 Å². The summed E-state index contributed by atoms with van der Waals surface area (Å²) < 4.78 is 25.0. The molecular weight excluding hydrogens is 833 g/mol. The Morgan fingerprint density at radius 3 is 1.45 bits per heavy atom. The van der Waals surface area contributed by atoms with Gasteiger partial charge in [0, 0.05) is 100 Å². The molecule has 0 unspecified atom stereocenters. The van der Waals surface area contributed by atoms with Crippen molar-refractivity contribution in [2.75, 3.05) is 27.9 Å². The van der Waals surface area contributed by atoms with Gasteiger partial charge in [0.15, 0.2) is 0 Å². The highest BCUT2D eigenvalue weighted by molar-refractivity contribution is 6.10. The Bertz CT molecular complexity index is 3530. The Balaban J connectivity index is 0.000000155. The summed E-state index contributed by atoms with van der Waals surface area (Å²) >= 11 is 0. The maximum Gasteiger partial charge on any atom is 0.339 e. The Hall–Kier alpha value is -7.64. The van der Waals surface area contributed by atoms with Crippen LogP contribution in [0.3, 0.4) is 0 Å². The van der Waals surface area contributed by atoms with E-state index in [2.05, 4.69) is 117 Å². The Morgan fingerprint density at radius 1 is 0.561 bits per heavy atom. The van der Waals surface area contributed by atoms with Gasteiger partial charge in [-0.3, -0.25) is 0 Å². The molecule has 1 aliphatic rings. The SMILES string of the molecule is CCn1c2ccccc2c2cc(-c3nc4cc(C(=O)O)c(OC)cc4n3CC3CC3)ccc21.CCn1c2ccccc2c2cc(-c3nc4cc(C(=O)O)c(OC)cc4n3CCOC)ccc21. The number of benzene rings is 6. The third-order valence-electron chi connectivity index (χ3n) is 13.0. The Morgan fingerprint density at radius 2 is 1.02 bits per heavy atom. The first-order valence-corrected chi connectivity index (χ1v) is 22.3. The van der Waals surface area contributed by atoms with Gasteiger partial charge < -0.3 is 42.7 Å². The van der Waals surface area contributed by atoms with Gasteiger partial charge in [-0.15, -0.1) is 0 Å². The molecule has 0 atom stereocenters. The smallest absolute Gasteiger partial charge is 0.339 e. The van der Waals surface area contributed by atoms with E-state index in [1.54, 1.807) is 25.3 Å². The minimum Gasteiger partial charge on any atom is -0.496 e. The summed E-state index contributed by atoms with van der Waals surface area (Å²) in [7, 11) is 4.64. The molecule has 13 nitrogen and oxygen atoms in total. The molecule has 11 rings (SSSR count). The van der Waals surface area contributed by atoms with Gasteiger partial charge in [-0.1, -0.05) is 36.4 Å². The van der Waals surface area contributed by atoms with Gasteiger partial charge in [0.25, 0.3) is 0 Å². The van der Waals surface area contributed by atoms with Crippen LogP contribution in [0.4, 0.5) is 0 Å². The molecule has 1 aliphatic carbocycles. The van der Waals surface area contributed by atoms with Crippen LogP contribution in [0.15, 0.2) is 109 Å². The van der Waals surface area contributed by atoms with Crippen LogP contribution in [0.5, 0.6) is 11.5 Å². The summed E-state index contributed by atoms with van der Waals surface area (Å²) in [6.45, 7) is 8.05. The lowest BCUT2D eigenvalue weighted by atomic mass is 10.1. The molecule has 4 aromatic heterocycles. The number of hydrogen-bond donors (Lipinski definition) is 2. The summed E-state index contributed by atoms with van der Waals surface area (Å²) in [6, 6.07) is 36.6. The highest BCUT2D eigenvalue weighted by Gasteiger charge is 2.27. The van der Waals surface area contributed by atoms with Crippen LogP contribution in [0.1, 0.15) is 47.4 Å². The number of hydrogen-bond acceptors (Lipinski definition) is 7. The number of aryl methyl sites for hydroxylation is 2. The van der Waals surface area contributed by atoms with Crippen molar-refractivity contribution in [3.8, 4) is 34.3 Å². The van der Waals surface area contributed by atoms with Crippen LogP contribution in [0.25, 0.3) is 88.5 Å². The maximum atomic E-state index is 11.8. The number of fused-ring (bicyclic) bond motifs is 8. The average Bonchev–Trinajstić information content (AvgIpc) is 3.72. The van der Waals surface area contributed by atoms with Gasteiger partial charge in [0.1, 0.15) is 34.3 Å². The lowest BCUT2D eigenvalue weighted by molar-refractivity contribution is 0.0682. The fraction of sp³-hybridized carbons (Fsp3) is 0.245. The molecule has 0 amide bonds. The maximum absolute atomic E-state index is 11.8. The van der Waals surface area contributed by atoms with Crippen molar-refractivity contribution in [2.24, 2.45) is 5.92 Å². The van der Waals surface area contributed by atoms with E-state index in [4.69, 9.17) is 24.2 Å². The fourth-order valence-corrected chi connectivity index (χ4v) is 9.64. The van der Waals surface area contributed by atoms with E-state index in [9.17, 15) is 19.8 Å². The largest absolute Gasteiger partial charge is 0.496 e. The van der Waals surface area contributed by atoms with Crippen molar-refractivity contribution in [3.05, 3.63) is 120 Å². The van der Waals surface area contributed by atoms with E-state index in [1.807, 2.05) is 6.07 Å². The zero-order chi connectivity index (χ0) is 45.8. The number of aromatic carboxylic acids is 2. The molecule has 10 aromatic rings. The highest BCUT2D eigenvalue weighted by Crippen LogP contribution is 2.39. The fourth-order valence-electron chi connectivity index (χ4n) is 9.64. The van der Waals surface area contributed by atoms with Gasteiger partial charge in [0.05, 0.1) is 42.9 Å². The van der Waals surface area contributed by atoms with Crippen molar-refractivity contribution in [1.29, 1.82) is 0 Å². The topological polar surface area (TPSA) is 148 Å². The van der Waals surface area contributed by atoms with E-state index in [1.165, 1.54) is 70.7 Å². The minimum absolute atomic E-state index is 0.0920. The van der Waals surface area contributed by atoms with Gasteiger partial charge in [-0.2, -0.15) is 0 Å². The monoisotopic (exact) mass is 882 g/mol. The van der Waals surface area contributed by atoms with Gasteiger partial charge >= 0.3 is 11.9 Å². The number of carboxylic acids is 2. The first-order chi connectivity index (χ1) is 32.2. The van der Waals surface area contributed by atoms with Crippen molar-refractivity contribution >= 4 is 77.6 Å². The molecule has 4 heterocycles. The normalized spacial score (nSPS) is 12.7. The third-order valence-corrected chi connectivity index (χ3v) is 13.0. The number of aromatic nitrogens is 6. The Labute approximate surface area is 380 Å². The highest BCUT2D eigenvalue weighted by atomic mass is 16.5. The minimum atomic E-state index is -1.05. The molecule has 0 bridgehead atoms. The Kier molecular flexibility index (Phi) is 10.9. The summed E-state index contributed by atoms with van der Waals surface area (Å²) in [5.41, 5.74) is 10.1. The summed E-state index contributed by atoms with van der Waals surface area (Å²) in [5.74, 6) is 0.883. The molecule has 66 heavy (non-hydrogen) atoms. The van der Waals surface area contributed by atoms with E-state index in [-0.39, 0.29) is 11.1 Å². The van der Waals surface area contributed by atoms with Crippen LogP contribution >= 0.6 is 0 Å². The van der Waals surface area contributed by atoms with Gasteiger partial charge in [-0.25, -0.2) is 19.6 Å². The molecule has 1 saturated carbocycles. The molecule has 334 valence electrons. The summed E-state index contributed by atoms with van der Waals surface area (Å²) in [5, 5.41) is 24.0. The third kappa shape index (κ3) is 7.16. The zero-order valence-electron chi connectivity index (χ0n) is 37.5. The molecule has 0 aliphatic heterocycles. The molecule has 0 radical (unpaired) electrons. The number of imidazole rings is 2. The predicted molar refractivity (Wildman–Crippen MR) is 259 cm³/mol. The second kappa shape index (κ2) is 17.1.